The Bertz CT molecular complexity index is 559. The summed E-state index contributed by atoms with van der Waals surface area (Å²) in [7, 11) is 0. The highest BCUT2D eigenvalue weighted by Crippen LogP contribution is 2.33. The summed E-state index contributed by atoms with van der Waals surface area (Å²) >= 11 is 3.47. The fourth-order valence-corrected chi connectivity index (χ4v) is 2.98. The van der Waals surface area contributed by atoms with Crippen molar-refractivity contribution in [3.63, 3.8) is 0 Å². The average Bonchev–Trinajstić information content (AvgIpc) is 2.92. The quantitative estimate of drug-likeness (QED) is 0.810. The molecule has 100 valence electrons. The van der Waals surface area contributed by atoms with Gasteiger partial charge in [-0.15, -0.1) is 0 Å². The topological polar surface area (TPSA) is 67.4 Å². The molecule has 1 unspecified atom stereocenters. The van der Waals surface area contributed by atoms with E-state index in [0.29, 0.717) is 13.2 Å². The van der Waals surface area contributed by atoms with Crippen molar-refractivity contribution in [2.24, 2.45) is 0 Å². The molecule has 1 fully saturated rings. The van der Waals surface area contributed by atoms with Gasteiger partial charge in [-0.3, -0.25) is 14.9 Å². The van der Waals surface area contributed by atoms with Gasteiger partial charge in [0.25, 0.3) is 0 Å². The Kier molecular flexibility index (Phi) is 3.28. The maximum absolute atomic E-state index is 11.5. The Morgan fingerprint density at radius 1 is 1.42 bits per heavy atom. The molecule has 0 spiro atoms. The summed E-state index contributed by atoms with van der Waals surface area (Å²) in [5.41, 5.74) is 2.19. The molecule has 5 nitrogen and oxygen atoms in total. The maximum Gasteiger partial charge on any atom is 0.244 e. The minimum atomic E-state index is -0.441. The summed E-state index contributed by atoms with van der Waals surface area (Å²) < 4.78 is 6.62. The first kappa shape index (κ1) is 12.6. The maximum atomic E-state index is 11.5. The molecule has 1 aromatic carbocycles. The monoisotopic (exact) mass is 324 g/mol. The van der Waals surface area contributed by atoms with Crippen molar-refractivity contribution in [1.29, 1.82) is 0 Å². The summed E-state index contributed by atoms with van der Waals surface area (Å²) in [5.74, 6) is 0.427. The fraction of sp³-hybridized carbons (Fsp3) is 0.385. The summed E-state index contributed by atoms with van der Waals surface area (Å²) in [6, 6.07) is 3.59. The Labute approximate surface area is 118 Å². The van der Waals surface area contributed by atoms with E-state index in [1.807, 2.05) is 6.07 Å². The van der Waals surface area contributed by atoms with E-state index < -0.39 is 6.04 Å². The van der Waals surface area contributed by atoms with Crippen LogP contribution in [0.4, 0.5) is 0 Å². The van der Waals surface area contributed by atoms with Crippen LogP contribution in [0.3, 0.4) is 0 Å². The summed E-state index contributed by atoms with van der Waals surface area (Å²) in [5, 5.41) is 5.39. The van der Waals surface area contributed by atoms with Gasteiger partial charge >= 0.3 is 0 Å². The number of amides is 2. The highest BCUT2D eigenvalue weighted by atomic mass is 79.9. The Balaban J connectivity index is 1.74. The van der Waals surface area contributed by atoms with Gasteiger partial charge in [0, 0.05) is 23.0 Å². The fourth-order valence-electron chi connectivity index (χ4n) is 2.43. The third-order valence-corrected chi connectivity index (χ3v) is 3.79. The van der Waals surface area contributed by atoms with Crippen LogP contribution in [0.15, 0.2) is 16.6 Å². The lowest BCUT2D eigenvalue weighted by atomic mass is 10.1. The highest BCUT2D eigenvalue weighted by molar-refractivity contribution is 9.10. The first-order valence-electron chi connectivity index (χ1n) is 6.14. The molecular formula is C13H13BrN2O3. The van der Waals surface area contributed by atoms with E-state index in [1.54, 1.807) is 0 Å². The standard InChI is InChI=1S/C13H13BrN2O3/c14-9-3-7-1-2-19-12(7)8(4-9)6-15-10-5-11(17)16-13(10)18/h3-4,10,15H,1-2,5-6H2,(H,16,17,18). The lowest BCUT2D eigenvalue weighted by molar-refractivity contribution is -0.125. The van der Waals surface area contributed by atoms with Crippen LogP contribution >= 0.6 is 15.9 Å². The number of hydrogen-bond donors (Lipinski definition) is 2. The second-order valence-electron chi connectivity index (χ2n) is 4.70. The number of nitrogens with one attached hydrogen (secondary N) is 2. The van der Waals surface area contributed by atoms with Crippen LogP contribution in [0.2, 0.25) is 0 Å². The second kappa shape index (κ2) is 4.94. The van der Waals surface area contributed by atoms with E-state index >= 15 is 0 Å². The van der Waals surface area contributed by atoms with Crippen molar-refractivity contribution in [2.45, 2.75) is 25.4 Å². The molecule has 2 N–H and O–H groups in total. The molecule has 0 saturated carbocycles. The molecule has 0 aliphatic carbocycles. The minimum Gasteiger partial charge on any atom is -0.493 e. The lowest BCUT2D eigenvalue weighted by Crippen LogP contribution is -2.35. The molecule has 2 amide bonds. The number of rotatable bonds is 3. The molecule has 2 aliphatic heterocycles. The molecule has 3 rings (SSSR count). The van der Waals surface area contributed by atoms with Gasteiger partial charge < -0.3 is 10.1 Å². The molecule has 19 heavy (non-hydrogen) atoms. The van der Waals surface area contributed by atoms with Crippen molar-refractivity contribution >= 4 is 27.7 Å². The van der Waals surface area contributed by atoms with Crippen molar-refractivity contribution in [2.75, 3.05) is 6.61 Å². The number of halogens is 1. The van der Waals surface area contributed by atoms with Gasteiger partial charge in [-0.05, 0) is 17.7 Å². The van der Waals surface area contributed by atoms with Gasteiger partial charge in [0.2, 0.25) is 11.8 Å². The van der Waals surface area contributed by atoms with E-state index in [1.165, 1.54) is 5.56 Å². The molecule has 0 bridgehead atoms. The van der Waals surface area contributed by atoms with Gasteiger partial charge in [0.15, 0.2) is 0 Å². The molecule has 1 atom stereocenters. The van der Waals surface area contributed by atoms with E-state index in [2.05, 4.69) is 32.6 Å². The largest absolute Gasteiger partial charge is 0.493 e. The van der Waals surface area contributed by atoms with Crippen molar-refractivity contribution in [3.05, 3.63) is 27.7 Å². The lowest BCUT2D eigenvalue weighted by Gasteiger charge is -2.12. The Hall–Kier alpha value is -1.40. The zero-order valence-corrected chi connectivity index (χ0v) is 11.7. The number of carbonyl (C=O) groups excluding carboxylic acids is 2. The van der Waals surface area contributed by atoms with E-state index in [0.717, 1.165) is 22.2 Å². The first-order valence-corrected chi connectivity index (χ1v) is 6.94. The first-order chi connectivity index (χ1) is 9.13. The minimum absolute atomic E-state index is 0.204. The van der Waals surface area contributed by atoms with Gasteiger partial charge in [-0.2, -0.15) is 0 Å². The molecule has 2 heterocycles. The summed E-state index contributed by atoms with van der Waals surface area (Å²) in [6.45, 7) is 1.20. The average molecular weight is 325 g/mol. The van der Waals surface area contributed by atoms with Crippen LogP contribution in [0.25, 0.3) is 0 Å². The third-order valence-electron chi connectivity index (χ3n) is 3.33. The molecule has 0 radical (unpaired) electrons. The number of carbonyl (C=O) groups is 2. The van der Waals surface area contributed by atoms with E-state index in [-0.39, 0.29) is 18.2 Å². The van der Waals surface area contributed by atoms with Gasteiger partial charge in [-0.25, -0.2) is 0 Å². The number of benzene rings is 1. The normalized spacial score (nSPS) is 21.2. The number of ether oxygens (including phenoxy) is 1. The van der Waals surface area contributed by atoms with Crippen molar-refractivity contribution < 1.29 is 14.3 Å². The van der Waals surface area contributed by atoms with Gasteiger partial charge in [0.1, 0.15) is 5.75 Å². The van der Waals surface area contributed by atoms with Gasteiger partial charge in [0.05, 0.1) is 19.1 Å². The Morgan fingerprint density at radius 3 is 3.00 bits per heavy atom. The summed E-state index contributed by atoms with van der Waals surface area (Å²) in [4.78, 5) is 22.6. The molecule has 2 aliphatic rings. The predicted molar refractivity (Wildman–Crippen MR) is 71.7 cm³/mol. The summed E-state index contributed by atoms with van der Waals surface area (Å²) in [6.07, 6.45) is 1.11. The zero-order valence-electron chi connectivity index (χ0n) is 10.2. The van der Waals surface area contributed by atoms with E-state index in [4.69, 9.17) is 4.74 Å². The van der Waals surface area contributed by atoms with Crippen LogP contribution in [0.5, 0.6) is 5.75 Å². The highest BCUT2D eigenvalue weighted by Gasteiger charge is 2.30. The number of imide groups is 1. The van der Waals surface area contributed by atoms with E-state index in [9.17, 15) is 9.59 Å². The zero-order chi connectivity index (χ0) is 13.4. The van der Waals surface area contributed by atoms with Crippen LogP contribution in [0, 0.1) is 0 Å². The molecule has 0 aromatic heterocycles. The smallest absolute Gasteiger partial charge is 0.244 e. The van der Waals surface area contributed by atoms with Crippen LogP contribution in [-0.2, 0) is 22.6 Å². The molecule has 6 heteroatoms. The van der Waals surface area contributed by atoms with Crippen LogP contribution in [0.1, 0.15) is 17.5 Å². The second-order valence-corrected chi connectivity index (χ2v) is 5.62. The molecule has 1 aromatic rings. The van der Waals surface area contributed by atoms with Gasteiger partial charge in [-0.1, -0.05) is 15.9 Å². The van der Waals surface area contributed by atoms with Crippen molar-refractivity contribution in [1.82, 2.24) is 10.6 Å². The predicted octanol–water partition coefficient (Wildman–Crippen LogP) is 0.889. The van der Waals surface area contributed by atoms with Crippen LogP contribution < -0.4 is 15.4 Å². The van der Waals surface area contributed by atoms with Crippen molar-refractivity contribution in [3.8, 4) is 5.75 Å². The SMILES string of the molecule is O=C1CC(NCc2cc(Br)cc3c2OCC3)C(=O)N1. The third kappa shape index (κ3) is 2.50. The number of hydrogen-bond acceptors (Lipinski definition) is 4. The molecular weight excluding hydrogens is 312 g/mol. The number of fused-ring (bicyclic) bond motifs is 1. The Morgan fingerprint density at radius 2 is 2.26 bits per heavy atom. The van der Waals surface area contributed by atoms with Crippen LogP contribution in [-0.4, -0.2) is 24.5 Å². The molecule has 1 saturated heterocycles.